The molecule has 2 amide bonds. The lowest BCUT2D eigenvalue weighted by Crippen LogP contribution is -2.32. The Morgan fingerprint density at radius 1 is 1.05 bits per heavy atom. The number of aromatic nitrogens is 1. The highest BCUT2D eigenvalue weighted by Gasteiger charge is 2.56. The van der Waals surface area contributed by atoms with Gasteiger partial charge in [-0.1, -0.05) is 62.8 Å². The highest BCUT2D eigenvalue weighted by atomic mass is 79.9. The number of nitrogens with zero attached hydrogens (tertiary/aromatic N) is 1. The van der Waals surface area contributed by atoms with Gasteiger partial charge in [-0.05, 0) is 67.1 Å². The van der Waals surface area contributed by atoms with Gasteiger partial charge in [-0.3, -0.25) is 14.4 Å². The van der Waals surface area contributed by atoms with E-state index in [1.165, 1.54) is 28.8 Å². The number of esters is 1. The Balaban J connectivity index is 1.39. The van der Waals surface area contributed by atoms with Crippen LogP contribution in [0.2, 0.25) is 5.02 Å². The zero-order valence-electron chi connectivity index (χ0n) is 22.0. The van der Waals surface area contributed by atoms with Crippen LogP contribution >= 0.6 is 50.6 Å². The van der Waals surface area contributed by atoms with Crippen LogP contribution in [0.1, 0.15) is 39.2 Å². The van der Waals surface area contributed by atoms with E-state index >= 15 is 0 Å². The molecule has 0 radical (unpaired) electrons. The maximum atomic E-state index is 14.1. The molecule has 2 aliphatic rings. The van der Waals surface area contributed by atoms with Crippen LogP contribution in [-0.2, 0) is 20.9 Å². The van der Waals surface area contributed by atoms with Crippen molar-refractivity contribution in [3.63, 3.8) is 0 Å². The predicted molar refractivity (Wildman–Crippen MR) is 165 cm³/mol. The van der Waals surface area contributed by atoms with Crippen molar-refractivity contribution >= 4 is 74.1 Å². The molecular weight excluding hydrogens is 664 g/mol. The predicted octanol–water partition coefficient (Wildman–Crippen LogP) is 6.40. The van der Waals surface area contributed by atoms with E-state index in [1.54, 1.807) is 25.1 Å². The molecule has 1 saturated heterocycles. The van der Waals surface area contributed by atoms with Gasteiger partial charge < -0.3 is 14.5 Å². The summed E-state index contributed by atoms with van der Waals surface area (Å²) in [5.41, 5.74) is 2.22. The Labute approximate surface area is 262 Å². The number of imide groups is 1. The molecule has 8 nitrogen and oxygen atoms in total. The molecule has 0 bridgehead atoms. The van der Waals surface area contributed by atoms with Crippen molar-refractivity contribution in [1.29, 1.82) is 0 Å². The van der Waals surface area contributed by atoms with Crippen LogP contribution in [-0.4, -0.2) is 34.6 Å². The van der Waals surface area contributed by atoms with Crippen LogP contribution in [0, 0.1) is 5.92 Å². The number of thiazole rings is 1. The molecule has 12 heteroatoms. The first-order valence-electron chi connectivity index (χ1n) is 13.0. The molecule has 3 heterocycles. The maximum absolute atomic E-state index is 14.1. The van der Waals surface area contributed by atoms with E-state index in [2.05, 4.69) is 20.9 Å². The molecule has 3 aromatic carbocycles. The number of halogens is 2. The van der Waals surface area contributed by atoms with Crippen molar-refractivity contribution in [3.8, 4) is 5.75 Å². The van der Waals surface area contributed by atoms with Crippen LogP contribution in [0.3, 0.4) is 0 Å². The average molecular weight is 686 g/mol. The first kappa shape index (κ1) is 28.7. The number of anilines is 1. The van der Waals surface area contributed by atoms with Gasteiger partial charge >= 0.3 is 10.8 Å². The molecule has 0 saturated carbocycles. The number of ether oxygens (including phenoxy) is 2. The molecule has 2 aliphatic heterocycles. The first-order chi connectivity index (χ1) is 20.2. The van der Waals surface area contributed by atoms with Crippen molar-refractivity contribution < 1.29 is 23.9 Å². The van der Waals surface area contributed by atoms with E-state index in [4.69, 9.17) is 21.1 Å². The number of nitrogens with one attached hydrogen (secondary N) is 1. The fraction of sp³-hybridized carbons (Fsp3) is 0.200. The summed E-state index contributed by atoms with van der Waals surface area (Å²) in [6.45, 7) is 2.18. The number of H-pyrrole nitrogens is 1. The number of thioether (sulfide) groups is 1. The van der Waals surface area contributed by atoms with Crippen LogP contribution in [0.5, 0.6) is 5.75 Å². The summed E-state index contributed by atoms with van der Waals surface area (Å²) >= 11 is 11.9. The lowest BCUT2D eigenvalue weighted by Gasteiger charge is -2.31. The van der Waals surface area contributed by atoms with Crippen molar-refractivity contribution in [2.45, 2.75) is 29.7 Å². The van der Waals surface area contributed by atoms with E-state index in [0.717, 1.165) is 21.4 Å². The molecule has 0 aliphatic carbocycles. The van der Waals surface area contributed by atoms with Gasteiger partial charge in [0, 0.05) is 25.9 Å². The number of aromatic amines is 1. The zero-order valence-corrected chi connectivity index (χ0v) is 25.9. The number of carbonyl (C=O) groups excluding carboxylic acids is 3. The summed E-state index contributed by atoms with van der Waals surface area (Å²) < 4.78 is 12.1. The Kier molecular flexibility index (Phi) is 8.01. The minimum absolute atomic E-state index is 0.229. The van der Waals surface area contributed by atoms with E-state index in [9.17, 15) is 19.2 Å². The first-order valence-corrected chi connectivity index (χ1v) is 15.8. The summed E-state index contributed by atoms with van der Waals surface area (Å²) in [6, 6.07) is 19.0. The summed E-state index contributed by atoms with van der Waals surface area (Å²) in [5, 5.41) is 0.383. The smallest absolute Gasteiger partial charge is 0.338 e. The number of carbonyl (C=O) groups is 3. The van der Waals surface area contributed by atoms with Gasteiger partial charge in [0.05, 0.1) is 28.8 Å². The largest absolute Gasteiger partial charge is 0.489 e. The lowest BCUT2D eigenvalue weighted by atomic mass is 9.82. The number of benzene rings is 3. The standard InChI is InChI=1S/C30H22BrClN2O6S2/c1-2-39-29(37)16-6-9-19(10-7-16)34-27(35)23-22(24-26(33-30(38)42-24)41-25(23)28(34)36)20-13-17(31)8-11-21(20)40-14-15-4-3-5-18(32)12-15/h3-13,22-23,25H,2,14H2,1H3,(H,33,38)/t22-,23?,25?/m1/s1. The molecule has 4 aromatic rings. The molecule has 1 N–H and O–H groups in total. The Morgan fingerprint density at radius 3 is 2.57 bits per heavy atom. The number of rotatable bonds is 7. The van der Waals surface area contributed by atoms with Gasteiger partial charge in [-0.15, -0.1) is 0 Å². The quantitative estimate of drug-likeness (QED) is 0.177. The van der Waals surface area contributed by atoms with E-state index < -0.39 is 34.9 Å². The van der Waals surface area contributed by atoms with Gasteiger partial charge in [0.15, 0.2) is 0 Å². The van der Waals surface area contributed by atoms with E-state index in [1.807, 2.05) is 36.4 Å². The molecule has 42 heavy (non-hydrogen) atoms. The maximum Gasteiger partial charge on any atom is 0.338 e. The second-order valence-corrected chi connectivity index (χ2v) is 13.1. The third-order valence-corrected chi connectivity index (χ3v) is 10.2. The van der Waals surface area contributed by atoms with Crippen molar-refractivity contribution in [2.24, 2.45) is 5.92 Å². The fourth-order valence-corrected chi connectivity index (χ4v) is 8.35. The summed E-state index contributed by atoms with van der Waals surface area (Å²) in [7, 11) is 0. The van der Waals surface area contributed by atoms with Crippen molar-refractivity contribution in [2.75, 3.05) is 11.5 Å². The van der Waals surface area contributed by atoms with Crippen LogP contribution in [0.25, 0.3) is 0 Å². The second kappa shape index (κ2) is 11.7. The monoisotopic (exact) mass is 684 g/mol. The van der Waals surface area contributed by atoms with Gasteiger partial charge in [-0.25, -0.2) is 9.69 Å². The number of hydrogen-bond donors (Lipinski definition) is 1. The topological polar surface area (TPSA) is 106 Å². The zero-order chi connectivity index (χ0) is 29.5. The molecule has 6 rings (SSSR count). The summed E-state index contributed by atoms with van der Waals surface area (Å²) in [4.78, 5) is 57.0. The molecule has 3 atom stereocenters. The van der Waals surface area contributed by atoms with Crippen molar-refractivity contribution in [1.82, 2.24) is 4.98 Å². The highest BCUT2D eigenvalue weighted by molar-refractivity contribution is 9.10. The van der Waals surface area contributed by atoms with Gasteiger partial charge in [0.1, 0.15) is 17.6 Å². The average Bonchev–Trinajstić information content (AvgIpc) is 3.46. The minimum atomic E-state index is -0.797. The molecule has 1 fully saturated rings. The third kappa shape index (κ3) is 5.30. The fourth-order valence-electron chi connectivity index (χ4n) is 5.25. The SMILES string of the molecule is CCOC(=O)c1ccc(N2C(=O)C3Sc4[nH]c(=O)sc4[C@H](c4cc(Br)ccc4OCc4cccc(Cl)c4)C3C2=O)cc1. The Morgan fingerprint density at radius 2 is 1.83 bits per heavy atom. The van der Waals surface area contributed by atoms with Crippen molar-refractivity contribution in [3.05, 3.63) is 107 Å². The van der Waals surface area contributed by atoms with Crippen LogP contribution in [0.4, 0.5) is 5.69 Å². The van der Waals surface area contributed by atoms with E-state index in [0.29, 0.717) is 37.5 Å². The molecular formula is C30H22BrClN2O6S2. The minimum Gasteiger partial charge on any atom is -0.489 e. The third-order valence-electron chi connectivity index (χ3n) is 7.05. The van der Waals surface area contributed by atoms with E-state index in [-0.39, 0.29) is 18.1 Å². The van der Waals surface area contributed by atoms with Crippen LogP contribution < -0.4 is 14.5 Å². The number of amides is 2. The normalized spacial score (nSPS) is 19.4. The second-order valence-electron chi connectivity index (χ2n) is 9.63. The Bertz CT molecular complexity index is 1770. The molecule has 1 aromatic heterocycles. The van der Waals surface area contributed by atoms with Gasteiger partial charge in [0.2, 0.25) is 11.8 Å². The number of hydrogen-bond acceptors (Lipinski definition) is 8. The Hall–Kier alpha value is -3.38. The van der Waals surface area contributed by atoms with Crippen LogP contribution in [0.15, 0.2) is 81.0 Å². The summed E-state index contributed by atoms with van der Waals surface area (Å²) in [6.07, 6.45) is 0. The number of fused-ring (bicyclic) bond motifs is 2. The van der Waals surface area contributed by atoms with Gasteiger partial charge in [-0.2, -0.15) is 0 Å². The molecule has 2 unspecified atom stereocenters. The molecule has 0 spiro atoms. The van der Waals surface area contributed by atoms with Gasteiger partial charge in [0.25, 0.3) is 0 Å². The molecule has 214 valence electrons. The lowest BCUT2D eigenvalue weighted by molar-refractivity contribution is -0.122. The highest BCUT2D eigenvalue weighted by Crippen LogP contribution is 2.54. The summed E-state index contributed by atoms with van der Waals surface area (Å²) in [5.74, 6) is -2.16.